The van der Waals surface area contributed by atoms with Gasteiger partial charge in [0.15, 0.2) is 0 Å². The molecule has 1 amide bonds. The highest BCUT2D eigenvalue weighted by Gasteiger charge is 2.40. The lowest BCUT2D eigenvalue weighted by molar-refractivity contribution is -0.134. The van der Waals surface area contributed by atoms with Gasteiger partial charge in [0.25, 0.3) is 5.91 Å². The lowest BCUT2D eigenvalue weighted by Gasteiger charge is -2.42. The summed E-state index contributed by atoms with van der Waals surface area (Å²) >= 11 is 0. The number of amides is 1. The number of esters is 1. The molecule has 1 aliphatic rings. The summed E-state index contributed by atoms with van der Waals surface area (Å²) in [6.07, 6.45) is 5.19. The molecule has 4 heteroatoms. The highest BCUT2D eigenvalue weighted by molar-refractivity contribution is 5.99. The molecule has 0 aromatic heterocycles. The molecule has 0 unspecified atom stereocenters. The predicted molar refractivity (Wildman–Crippen MR) is 100 cm³/mol. The van der Waals surface area contributed by atoms with E-state index in [1.54, 1.807) is 6.07 Å². The maximum atomic E-state index is 12.3. The van der Waals surface area contributed by atoms with Crippen LogP contribution >= 0.6 is 0 Å². The fourth-order valence-corrected chi connectivity index (χ4v) is 3.76. The highest BCUT2D eigenvalue weighted by Crippen LogP contribution is 2.48. The van der Waals surface area contributed by atoms with Crippen molar-refractivity contribution in [3.05, 3.63) is 28.8 Å². The predicted octanol–water partition coefficient (Wildman–Crippen LogP) is 4.62. The minimum Gasteiger partial charge on any atom is -0.426 e. The van der Waals surface area contributed by atoms with Gasteiger partial charge in [-0.25, -0.2) is 0 Å². The number of benzene rings is 1. The van der Waals surface area contributed by atoms with Gasteiger partial charge in [0.1, 0.15) is 5.75 Å². The summed E-state index contributed by atoms with van der Waals surface area (Å²) in [5, 5.41) is 0. The summed E-state index contributed by atoms with van der Waals surface area (Å²) in [5.41, 5.74) is 7.95. The van der Waals surface area contributed by atoms with E-state index in [0.717, 1.165) is 43.2 Å². The molecule has 25 heavy (non-hydrogen) atoms. The van der Waals surface area contributed by atoms with Crippen molar-refractivity contribution >= 4 is 11.9 Å². The molecule has 0 bridgehead atoms. The van der Waals surface area contributed by atoms with Crippen molar-refractivity contribution in [2.24, 2.45) is 5.73 Å². The molecule has 0 spiro atoms. The Balaban J connectivity index is 2.47. The van der Waals surface area contributed by atoms with Crippen LogP contribution in [0, 0.1) is 0 Å². The van der Waals surface area contributed by atoms with Gasteiger partial charge in [-0.05, 0) is 47.3 Å². The summed E-state index contributed by atoms with van der Waals surface area (Å²) in [5.74, 6) is -0.527. The van der Waals surface area contributed by atoms with Crippen molar-refractivity contribution in [1.29, 1.82) is 0 Å². The third-order valence-electron chi connectivity index (χ3n) is 5.40. The van der Waals surface area contributed by atoms with E-state index in [4.69, 9.17) is 10.5 Å². The molecule has 1 aliphatic carbocycles. The van der Waals surface area contributed by atoms with Gasteiger partial charge < -0.3 is 10.5 Å². The fourth-order valence-electron chi connectivity index (χ4n) is 3.76. The number of unbranched alkanes of at least 4 members (excludes halogenated alkanes) is 2. The van der Waals surface area contributed by atoms with Crippen LogP contribution in [0.4, 0.5) is 0 Å². The average molecular weight is 345 g/mol. The van der Waals surface area contributed by atoms with Crippen molar-refractivity contribution in [3.63, 3.8) is 0 Å². The van der Waals surface area contributed by atoms with E-state index >= 15 is 0 Å². The zero-order valence-electron chi connectivity index (χ0n) is 16.2. The highest BCUT2D eigenvalue weighted by atomic mass is 16.5. The fraction of sp³-hybridized carbons (Fsp3) is 0.619. The summed E-state index contributed by atoms with van der Waals surface area (Å²) in [6, 6.07) is 3.73. The standard InChI is InChI=1S/C21H31NO3/c1-6-7-8-9-16(23)25-15-11-10-14-18(17(15)19(22)24)21(4,5)13-12-20(14,2)3/h10-11H,6-9,12-13H2,1-5H3,(H2,22,24). The van der Waals surface area contributed by atoms with E-state index in [-0.39, 0.29) is 16.8 Å². The molecule has 0 atom stereocenters. The van der Waals surface area contributed by atoms with Crippen molar-refractivity contribution in [1.82, 2.24) is 0 Å². The van der Waals surface area contributed by atoms with Crippen LogP contribution in [-0.4, -0.2) is 11.9 Å². The van der Waals surface area contributed by atoms with Crippen molar-refractivity contribution < 1.29 is 14.3 Å². The minimum absolute atomic E-state index is 0.0290. The zero-order chi connectivity index (χ0) is 18.8. The van der Waals surface area contributed by atoms with Crippen LogP contribution in [-0.2, 0) is 15.6 Å². The first-order valence-corrected chi connectivity index (χ1v) is 9.28. The lowest BCUT2D eigenvalue weighted by Crippen LogP contribution is -2.36. The molecular weight excluding hydrogens is 314 g/mol. The minimum atomic E-state index is -0.529. The van der Waals surface area contributed by atoms with E-state index in [0.29, 0.717) is 17.7 Å². The van der Waals surface area contributed by atoms with Gasteiger partial charge in [0.05, 0.1) is 5.56 Å². The molecule has 2 N–H and O–H groups in total. The van der Waals surface area contributed by atoms with Crippen molar-refractivity contribution in [2.45, 2.75) is 84.0 Å². The Hall–Kier alpha value is -1.84. The number of fused-ring (bicyclic) bond motifs is 1. The third kappa shape index (κ3) is 4.05. The second-order valence-corrected chi connectivity index (χ2v) is 8.42. The molecule has 4 nitrogen and oxygen atoms in total. The SMILES string of the molecule is CCCCCC(=O)Oc1ccc2c(c1C(N)=O)C(C)(C)CCC2(C)C. The first-order valence-electron chi connectivity index (χ1n) is 9.28. The number of primary amides is 1. The van der Waals surface area contributed by atoms with Crippen LogP contribution in [0.3, 0.4) is 0 Å². The van der Waals surface area contributed by atoms with Gasteiger partial charge in [-0.15, -0.1) is 0 Å². The number of hydrogen-bond acceptors (Lipinski definition) is 3. The molecule has 0 saturated carbocycles. The topological polar surface area (TPSA) is 69.4 Å². The van der Waals surface area contributed by atoms with Gasteiger partial charge >= 0.3 is 5.97 Å². The molecule has 0 fully saturated rings. The van der Waals surface area contributed by atoms with E-state index in [1.807, 2.05) is 6.07 Å². The first-order chi connectivity index (χ1) is 11.6. The summed E-state index contributed by atoms with van der Waals surface area (Å²) in [4.78, 5) is 24.4. The van der Waals surface area contributed by atoms with Crippen LogP contribution < -0.4 is 10.5 Å². The third-order valence-corrected chi connectivity index (χ3v) is 5.40. The van der Waals surface area contributed by atoms with Gasteiger partial charge in [-0.3, -0.25) is 9.59 Å². The number of carbonyl (C=O) groups excluding carboxylic acids is 2. The summed E-state index contributed by atoms with van der Waals surface area (Å²) < 4.78 is 5.54. The van der Waals surface area contributed by atoms with E-state index in [9.17, 15) is 9.59 Å². The Kier molecular flexibility index (Phi) is 5.60. The molecule has 0 aliphatic heterocycles. The van der Waals surface area contributed by atoms with Gasteiger partial charge in [0, 0.05) is 6.42 Å². The quantitative estimate of drug-likeness (QED) is 0.464. The maximum Gasteiger partial charge on any atom is 0.311 e. The summed E-state index contributed by atoms with van der Waals surface area (Å²) in [7, 11) is 0. The first kappa shape index (κ1) is 19.5. The molecule has 0 heterocycles. The number of hydrogen-bond donors (Lipinski definition) is 1. The molecule has 138 valence electrons. The molecular formula is C21H31NO3. The maximum absolute atomic E-state index is 12.3. The monoisotopic (exact) mass is 345 g/mol. The van der Waals surface area contributed by atoms with Crippen LogP contribution in [0.2, 0.25) is 0 Å². The Morgan fingerprint density at radius 2 is 1.72 bits per heavy atom. The smallest absolute Gasteiger partial charge is 0.311 e. The number of carbonyl (C=O) groups is 2. The average Bonchev–Trinajstić information content (AvgIpc) is 2.51. The molecule has 0 radical (unpaired) electrons. The molecule has 1 aromatic rings. The number of ether oxygens (including phenoxy) is 1. The molecule has 1 aromatic carbocycles. The van der Waals surface area contributed by atoms with E-state index in [2.05, 4.69) is 34.6 Å². The summed E-state index contributed by atoms with van der Waals surface area (Å²) in [6.45, 7) is 10.7. The van der Waals surface area contributed by atoms with Crippen LogP contribution in [0.15, 0.2) is 12.1 Å². The molecule has 2 rings (SSSR count). The van der Waals surface area contributed by atoms with E-state index < -0.39 is 5.91 Å². The molecule has 0 saturated heterocycles. The second kappa shape index (κ2) is 7.19. The Morgan fingerprint density at radius 3 is 2.32 bits per heavy atom. The van der Waals surface area contributed by atoms with Crippen LogP contribution in [0.5, 0.6) is 5.75 Å². The van der Waals surface area contributed by atoms with Gasteiger partial charge in [0.2, 0.25) is 0 Å². The zero-order valence-corrected chi connectivity index (χ0v) is 16.2. The largest absolute Gasteiger partial charge is 0.426 e. The van der Waals surface area contributed by atoms with E-state index in [1.165, 1.54) is 0 Å². The number of nitrogens with two attached hydrogens (primary N) is 1. The van der Waals surface area contributed by atoms with Gasteiger partial charge in [-0.2, -0.15) is 0 Å². The van der Waals surface area contributed by atoms with Crippen molar-refractivity contribution in [3.8, 4) is 5.75 Å². The Morgan fingerprint density at radius 1 is 1.08 bits per heavy atom. The normalized spacial score (nSPS) is 17.6. The van der Waals surface area contributed by atoms with Gasteiger partial charge in [-0.1, -0.05) is 53.5 Å². The number of rotatable bonds is 6. The Labute approximate surface area is 151 Å². The second-order valence-electron chi connectivity index (χ2n) is 8.42. The van der Waals surface area contributed by atoms with Crippen LogP contribution in [0.1, 0.15) is 94.6 Å². The van der Waals surface area contributed by atoms with Crippen LogP contribution in [0.25, 0.3) is 0 Å². The lowest BCUT2D eigenvalue weighted by atomic mass is 9.62. The van der Waals surface area contributed by atoms with Crippen molar-refractivity contribution in [2.75, 3.05) is 0 Å². The Bertz CT molecular complexity index is 674.